The molecule has 0 bridgehead atoms. The highest BCUT2D eigenvalue weighted by Gasteiger charge is 2.14. The topological polar surface area (TPSA) is 80.7 Å². The number of aliphatic hydroxyl groups is 1. The molecule has 1 aromatic heterocycles. The Kier molecular flexibility index (Phi) is 7.34. The number of hydrogen-bond donors (Lipinski definition) is 2. The predicted molar refractivity (Wildman–Crippen MR) is 110 cm³/mol. The molecule has 0 saturated heterocycles. The van der Waals surface area contributed by atoms with E-state index in [9.17, 15) is 14.3 Å². The number of carbonyl (C=O) groups is 1. The van der Waals surface area contributed by atoms with E-state index in [0.717, 1.165) is 5.56 Å². The zero-order valence-electron chi connectivity index (χ0n) is 16.5. The van der Waals surface area contributed by atoms with Crippen molar-refractivity contribution < 1.29 is 23.8 Å². The van der Waals surface area contributed by atoms with Gasteiger partial charge in [0.2, 0.25) is 0 Å². The molecule has 0 aliphatic heterocycles. The molecule has 0 radical (unpaired) electrons. The number of pyridine rings is 1. The number of ether oxygens (including phenoxy) is 2. The molecular weight excluding hydrogens is 387 g/mol. The van der Waals surface area contributed by atoms with Gasteiger partial charge in [-0.1, -0.05) is 18.2 Å². The molecule has 0 spiro atoms. The predicted octanol–water partition coefficient (Wildman–Crippen LogP) is 3.66. The van der Waals surface area contributed by atoms with Gasteiger partial charge in [-0.2, -0.15) is 0 Å². The Balaban J connectivity index is 1.63. The van der Waals surface area contributed by atoms with E-state index in [1.165, 1.54) is 24.3 Å². The van der Waals surface area contributed by atoms with E-state index in [1.807, 2.05) is 19.1 Å². The second kappa shape index (κ2) is 10.4. The fraction of sp³-hybridized carbons (Fsp3) is 0.217. The van der Waals surface area contributed by atoms with Crippen molar-refractivity contribution in [2.75, 3.05) is 13.2 Å². The second-order valence-electron chi connectivity index (χ2n) is 6.52. The number of nitrogens with zero attached hydrogens (tertiary/aromatic N) is 1. The van der Waals surface area contributed by atoms with Gasteiger partial charge >= 0.3 is 0 Å². The highest BCUT2D eigenvalue weighted by Crippen LogP contribution is 2.29. The zero-order chi connectivity index (χ0) is 21.3. The van der Waals surface area contributed by atoms with Crippen LogP contribution in [0.1, 0.15) is 34.5 Å². The van der Waals surface area contributed by atoms with E-state index < -0.39 is 6.10 Å². The molecule has 1 heterocycles. The van der Waals surface area contributed by atoms with Crippen molar-refractivity contribution in [2.24, 2.45) is 0 Å². The van der Waals surface area contributed by atoms with Gasteiger partial charge in [-0.05, 0) is 48.9 Å². The van der Waals surface area contributed by atoms with Crippen molar-refractivity contribution in [3.63, 3.8) is 0 Å². The summed E-state index contributed by atoms with van der Waals surface area (Å²) in [4.78, 5) is 16.5. The molecule has 0 aliphatic carbocycles. The molecule has 3 rings (SSSR count). The first-order valence-electron chi connectivity index (χ1n) is 9.57. The van der Waals surface area contributed by atoms with Crippen LogP contribution in [0.5, 0.6) is 11.5 Å². The van der Waals surface area contributed by atoms with Crippen molar-refractivity contribution in [3.05, 3.63) is 89.5 Å². The maximum absolute atomic E-state index is 13.0. The molecule has 1 unspecified atom stereocenters. The summed E-state index contributed by atoms with van der Waals surface area (Å²) in [7, 11) is 0. The fourth-order valence-electron chi connectivity index (χ4n) is 2.78. The van der Waals surface area contributed by atoms with Gasteiger partial charge in [-0.3, -0.25) is 9.78 Å². The number of aromatic nitrogens is 1. The van der Waals surface area contributed by atoms with Gasteiger partial charge < -0.3 is 19.9 Å². The number of benzene rings is 2. The zero-order valence-corrected chi connectivity index (χ0v) is 16.5. The Hall–Kier alpha value is -3.45. The third kappa shape index (κ3) is 5.78. The van der Waals surface area contributed by atoms with E-state index in [1.54, 1.807) is 30.6 Å². The minimum absolute atomic E-state index is 0.00626. The Morgan fingerprint density at radius 2 is 1.93 bits per heavy atom. The summed E-state index contributed by atoms with van der Waals surface area (Å²) in [5.41, 5.74) is 1.81. The number of rotatable bonds is 9. The minimum atomic E-state index is -0.942. The third-order valence-corrected chi connectivity index (χ3v) is 4.33. The smallest absolute Gasteiger partial charge is 0.251 e. The number of aliphatic hydroxyl groups excluding tert-OH is 1. The number of nitrogens with one attached hydrogen (secondary N) is 1. The van der Waals surface area contributed by atoms with Crippen LogP contribution in [0.2, 0.25) is 0 Å². The van der Waals surface area contributed by atoms with Crippen molar-refractivity contribution >= 4 is 5.91 Å². The van der Waals surface area contributed by atoms with Crippen LogP contribution in [0.15, 0.2) is 67.0 Å². The van der Waals surface area contributed by atoms with Crippen LogP contribution in [0, 0.1) is 5.82 Å². The Morgan fingerprint density at radius 1 is 1.13 bits per heavy atom. The molecule has 2 aromatic carbocycles. The molecule has 0 fully saturated rings. The van der Waals surface area contributed by atoms with Crippen LogP contribution in [-0.4, -0.2) is 29.1 Å². The average Bonchev–Trinajstić information content (AvgIpc) is 2.77. The molecule has 1 amide bonds. The number of hydrogen-bond acceptors (Lipinski definition) is 5. The molecule has 7 heteroatoms. The fourth-order valence-corrected chi connectivity index (χ4v) is 2.78. The summed E-state index contributed by atoms with van der Waals surface area (Å²) in [6.45, 7) is 2.57. The summed E-state index contributed by atoms with van der Waals surface area (Å²) >= 11 is 0. The van der Waals surface area contributed by atoms with Crippen molar-refractivity contribution in [3.8, 4) is 11.5 Å². The molecule has 3 aromatic rings. The number of halogens is 1. The standard InChI is InChI=1S/C23H23FN2O4/c1-2-29-22-12-18(7-10-21(22)30-15-16-4-3-11-25-13-16)23(28)26-14-20(27)17-5-8-19(24)9-6-17/h3-13,20,27H,2,14-15H2,1H3,(H,26,28). The van der Waals surface area contributed by atoms with Crippen LogP contribution in [0.25, 0.3) is 0 Å². The van der Waals surface area contributed by atoms with Gasteiger partial charge in [-0.25, -0.2) is 4.39 Å². The quantitative estimate of drug-likeness (QED) is 0.563. The van der Waals surface area contributed by atoms with E-state index >= 15 is 0 Å². The van der Waals surface area contributed by atoms with Crippen molar-refractivity contribution in [1.29, 1.82) is 0 Å². The third-order valence-electron chi connectivity index (χ3n) is 4.33. The van der Waals surface area contributed by atoms with Crippen LogP contribution in [0.4, 0.5) is 4.39 Å². The molecule has 30 heavy (non-hydrogen) atoms. The van der Waals surface area contributed by atoms with Crippen LogP contribution < -0.4 is 14.8 Å². The molecule has 156 valence electrons. The van der Waals surface area contributed by atoms with Gasteiger partial charge in [0.25, 0.3) is 5.91 Å². The molecule has 0 aliphatic rings. The van der Waals surface area contributed by atoms with E-state index in [-0.39, 0.29) is 18.3 Å². The van der Waals surface area contributed by atoms with Gasteiger partial charge in [0.15, 0.2) is 11.5 Å². The minimum Gasteiger partial charge on any atom is -0.490 e. The molecule has 2 N–H and O–H groups in total. The normalized spacial score (nSPS) is 11.6. The van der Waals surface area contributed by atoms with Crippen LogP contribution in [-0.2, 0) is 6.61 Å². The second-order valence-corrected chi connectivity index (χ2v) is 6.52. The molecule has 6 nitrogen and oxygen atoms in total. The first kappa shape index (κ1) is 21.3. The summed E-state index contributed by atoms with van der Waals surface area (Å²) < 4.78 is 24.4. The Bertz CT molecular complexity index is 965. The SMILES string of the molecule is CCOc1cc(C(=O)NCC(O)c2ccc(F)cc2)ccc1OCc1cccnc1. The maximum Gasteiger partial charge on any atom is 0.251 e. The highest BCUT2D eigenvalue weighted by atomic mass is 19.1. The summed E-state index contributed by atoms with van der Waals surface area (Å²) in [5, 5.41) is 12.9. The largest absolute Gasteiger partial charge is 0.490 e. The maximum atomic E-state index is 13.0. The lowest BCUT2D eigenvalue weighted by Gasteiger charge is -2.15. The first-order chi connectivity index (χ1) is 14.6. The average molecular weight is 410 g/mol. The van der Waals surface area contributed by atoms with Crippen molar-refractivity contribution in [1.82, 2.24) is 10.3 Å². The lowest BCUT2D eigenvalue weighted by Crippen LogP contribution is -2.28. The van der Waals surface area contributed by atoms with Crippen molar-refractivity contribution in [2.45, 2.75) is 19.6 Å². The highest BCUT2D eigenvalue weighted by molar-refractivity contribution is 5.94. The molecular formula is C23H23FN2O4. The van der Waals surface area contributed by atoms with E-state index in [2.05, 4.69) is 10.3 Å². The van der Waals surface area contributed by atoms with Gasteiger partial charge in [0, 0.05) is 30.1 Å². The first-order valence-corrected chi connectivity index (χ1v) is 9.57. The molecule has 1 atom stereocenters. The summed E-state index contributed by atoms with van der Waals surface area (Å²) in [6.07, 6.45) is 2.47. The molecule has 0 saturated carbocycles. The van der Waals surface area contributed by atoms with E-state index in [0.29, 0.717) is 35.8 Å². The van der Waals surface area contributed by atoms with Gasteiger partial charge in [0.1, 0.15) is 12.4 Å². The Labute approximate surface area is 174 Å². The van der Waals surface area contributed by atoms with Gasteiger partial charge in [-0.15, -0.1) is 0 Å². The lowest BCUT2D eigenvalue weighted by molar-refractivity contribution is 0.0915. The van der Waals surface area contributed by atoms with Crippen LogP contribution in [0.3, 0.4) is 0 Å². The monoisotopic (exact) mass is 410 g/mol. The summed E-state index contributed by atoms with van der Waals surface area (Å²) in [5.74, 6) is 0.219. The van der Waals surface area contributed by atoms with E-state index in [4.69, 9.17) is 9.47 Å². The number of amides is 1. The lowest BCUT2D eigenvalue weighted by atomic mass is 10.1. The summed E-state index contributed by atoms with van der Waals surface area (Å²) in [6, 6.07) is 14.1. The van der Waals surface area contributed by atoms with Gasteiger partial charge in [0.05, 0.1) is 12.7 Å². The van der Waals surface area contributed by atoms with Crippen LogP contribution >= 0.6 is 0 Å². The Morgan fingerprint density at radius 3 is 2.63 bits per heavy atom. The number of carbonyl (C=O) groups excluding carboxylic acids is 1.